The summed E-state index contributed by atoms with van der Waals surface area (Å²) in [5.74, 6) is -1.26. The molecule has 0 aliphatic carbocycles. The molecule has 0 bridgehead atoms. The van der Waals surface area contributed by atoms with E-state index in [0.717, 1.165) is 5.56 Å². The van der Waals surface area contributed by atoms with Gasteiger partial charge in [0.25, 0.3) is 0 Å². The summed E-state index contributed by atoms with van der Waals surface area (Å²) in [6, 6.07) is 5.35. The molecule has 0 spiro atoms. The minimum absolute atomic E-state index is 0.211. The van der Waals surface area contributed by atoms with E-state index in [1.807, 2.05) is 20.8 Å². The second-order valence-electron chi connectivity index (χ2n) is 9.15. The molecule has 1 aromatic carbocycles. The molecule has 0 aliphatic rings. The average molecular weight is 454 g/mol. The molecule has 0 aromatic heterocycles. The first-order valence-electron chi connectivity index (χ1n) is 10.6. The van der Waals surface area contributed by atoms with E-state index in [0.29, 0.717) is 24.4 Å². The first-order valence-corrected chi connectivity index (χ1v) is 11.0. The predicted octanol–water partition coefficient (Wildman–Crippen LogP) is 2.94. The molecule has 0 fully saturated rings. The van der Waals surface area contributed by atoms with Crippen molar-refractivity contribution in [2.45, 2.75) is 71.9 Å². The van der Waals surface area contributed by atoms with Crippen molar-refractivity contribution >= 4 is 29.4 Å². The second kappa shape index (κ2) is 11.5. The number of esters is 1. The molecular formula is C23H36ClN3O4. The summed E-state index contributed by atoms with van der Waals surface area (Å²) < 4.78 is 5.08. The summed E-state index contributed by atoms with van der Waals surface area (Å²) in [6.07, 6.45) is 0.919. The minimum Gasteiger partial charge on any atom is -0.464 e. The van der Waals surface area contributed by atoms with E-state index in [9.17, 15) is 14.4 Å². The highest BCUT2D eigenvalue weighted by Crippen LogP contribution is 2.27. The zero-order valence-corrected chi connectivity index (χ0v) is 20.1. The van der Waals surface area contributed by atoms with Crippen molar-refractivity contribution in [3.8, 4) is 0 Å². The maximum atomic E-state index is 13.2. The highest BCUT2D eigenvalue weighted by Gasteiger charge is 2.39. The number of nitrogens with one attached hydrogen (secondary N) is 2. The maximum Gasteiger partial charge on any atom is 0.328 e. The third-order valence-corrected chi connectivity index (χ3v) is 5.37. The Kier molecular flexibility index (Phi) is 9.97. The van der Waals surface area contributed by atoms with Crippen molar-refractivity contribution in [2.24, 2.45) is 11.1 Å². The second-order valence-corrected chi connectivity index (χ2v) is 9.58. The summed E-state index contributed by atoms with van der Waals surface area (Å²) in [7, 11) is 0. The van der Waals surface area contributed by atoms with E-state index in [1.165, 1.54) is 0 Å². The van der Waals surface area contributed by atoms with E-state index in [-0.39, 0.29) is 12.5 Å². The van der Waals surface area contributed by atoms with Crippen molar-refractivity contribution in [3.05, 3.63) is 34.9 Å². The van der Waals surface area contributed by atoms with E-state index in [2.05, 4.69) is 10.6 Å². The van der Waals surface area contributed by atoms with Crippen LogP contribution in [0.1, 0.15) is 59.9 Å². The van der Waals surface area contributed by atoms with Gasteiger partial charge in [0.2, 0.25) is 11.8 Å². The van der Waals surface area contributed by atoms with Gasteiger partial charge in [0.05, 0.1) is 12.0 Å². The Hall–Kier alpha value is -2.12. The van der Waals surface area contributed by atoms with Crippen LogP contribution in [0.25, 0.3) is 0 Å². The fraction of sp³-hybridized carbons (Fsp3) is 0.609. The predicted molar refractivity (Wildman–Crippen MR) is 123 cm³/mol. The summed E-state index contributed by atoms with van der Waals surface area (Å²) in [4.78, 5) is 38.6. The monoisotopic (exact) mass is 453 g/mol. The molecule has 0 radical (unpaired) electrons. The Morgan fingerprint density at radius 2 is 1.65 bits per heavy atom. The highest BCUT2D eigenvalue weighted by molar-refractivity contribution is 6.30. The molecule has 2 amide bonds. The zero-order chi connectivity index (χ0) is 23.8. The van der Waals surface area contributed by atoms with Gasteiger partial charge in [-0.25, -0.2) is 4.79 Å². The Morgan fingerprint density at radius 1 is 1.06 bits per heavy atom. The van der Waals surface area contributed by atoms with Gasteiger partial charge in [-0.15, -0.1) is 0 Å². The Labute approximate surface area is 190 Å². The lowest BCUT2D eigenvalue weighted by molar-refractivity contribution is -0.148. The first kappa shape index (κ1) is 26.9. The van der Waals surface area contributed by atoms with Crippen LogP contribution in [0.15, 0.2) is 24.3 Å². The standard InChI is InChI=1S/C23H36ClN3O4/c1-7-31-20(29)17(9-8-14-25)26-19(28)18(22(2,3)4)27-21(30)23(5,6)15-10-12-16(24)13-11-15/h10-13,17-18H,7-9,14,25H2,1-6H3,(H,26,28)(H,27,30)/t17-,18-/m1/s1. The number of amides is 2. The van der Waals surface area contributed by atoms with Crippen LogP contribution in [-0.2, 0) is 24.5 Å². The van der Waals surface area contributed by atoms with Crippen molar-refractivity contribution in [2.75, 3.05) is 13.2 Å². The third-order valence-electron chi connectivity index (χ3n) is 5.12. The Morgan fingerprint density at radius 3 is 2.13 bits per heavy atom. The van der Waals surface area contributed by atoms with Gasteiger partial charge < -0.3 is 21.1 Å². The number of nitrogens with two attached hydrogens (primary N) is 1. The van der Waals surface area contributed by atoms with Gasteiger partial charge in [0, 0.05) is 5.02 Å². The molecule has 31 heavy (non-hydrogen) atoms. The molecule has 174 valence electrons. The topological polar surface area (TPSA) is 111 Å². The van der Waals surface area contributed by atoms with Crippen LogP contribution in [0.2, 0.25) is 5.02 Å². The average Bonchev–Trinajstić information content (AvgIpc) is 2.68. The lowest BCUT2D eigenvalue weighted by Gasteiger charge is -2.34. The van der Waals surface area contributed by atoms with Gasteiger partial charge in [-0.2, -0.15) is 0 Å². The number of hydrogen-bond donors (Lipinski definition) is 3. The fourth-order valence-electron chi connectivity index (χ4n) is 3.05. The highest BCUT2D eigenvalue weighted by atomic mass is 35.5. The van der Waals surface area contributed by atoms with Crippen molar-refractivity contribution < 1.29 is 19.1 Å². The van der Waals surface area contributed by atoms with E-state index in [4.69, 9.17) is 22.1 Å². The maximum absolute atomic E-state index is 13.2. The summed E-state index contributed by atoms with van der Waals surface area (Å²) >= 11 is 5.96. The normalized spacial score (nSPS) is 13.8. The van der Waals surface area contributed by atoms with Gasteiger partial charge in [0.1, 0.15) is 12.1 Å². The molecule has 1 rings (SSSR count). The van der Waals surface area contributed by atoms with E-state index >= 15 is 0 Å². The number of ether oxygens (including phenoxy) is 1. The molecule has 1 aromatic rings. The van der Waals surface area contributed by atoms with Crippen LogP contribution >= 0.6 is 11.6 Å². The molecule has 0 unspecified atom stereocenters. The van der Waals surface area contributed by atoms with Gasteiger partial charge in [-0.3, -0.25) is 9.59 Å². The zero-order valence-electron chi connectivity index (χ0n) is 19.4. The number of hydrogen-bond acceptors (Lipinski definition) is 5. The van der Waals surface area contributed by atoms with Gasteiger partial charge in [0.15, 0.2) is 0 Å². The number of benzene rings is 1. The molecule has 0 saturated heterocycles. The minimum atomic E-state index is -0.894. The molecule has 8 heteroatoms. The van der Waals surface area contributed by atoms with Crippen LogP contribution < -0.4 is 16.4 Å². The van der Waals surface area contributed by atoms with Crippen LogP contribution in [0.3, 0.4) is 0 Å². The van der Waals surface area contributed by atoms with Crippen LogP contribution in [-0.4, -0.2) is 43.0 Å². The summed E-state index contributed by atoms with van der Waals surface area (Å²) in [6.45, 7) is 11.4. The van der Waals surface area contributed by atoms with Crippen molar-refractivity contribution in [1.29, 1.82) is 0 Å². The van der Waals surface area contributed by atoms with Gasteiger partial charge >= 0.3 is 5.97 Å². The first-order chi connectivity index (χ1) is 14.3. The lowest BCUT2D eigenvalue weighted by Crippen LogP contribution is -2.59. The molecule has 0 aliphatic heterocycles. The number of carbonyl (C=O) groups excluding carboxylic acids is 3. The number of halogens is 1. The van der Waals surface area contributed by atoms with Gasteiger partial charge in [-0.1, -0.05) is 44.5 Å². The SMILES string of the molecule is CCOC(=O)[C@@H](CCCN)NC(=O)[C@@H](NC(=O)C(C)(C)c1ccc(Cl)cc1)C(C)(C)C. The Balaban J connectivity index is 3.06. The van der Waals surface area contributed by atoms with Gasteiger partial charge in [-0.05, 0) is 63.3 Å². The molecule has 0 heterocycles. The number of carbonyl (C=O) groups is 3. The summed E-state index contributed by atoms with van der Waals surface area (Å²) in [5, 5.41) is 6.21. The van der Waals surface area contributed by atoms with Crippen LogP contribution in [0.4, 0.5) is 0 Å². The smallest absolute Gasteiger partial charge is 0.328 e. The van der Waals surface area contributed by atoms with Crippen molar-refractivity contribution in [1.82, 2.24) is 10.6 Å². The van der Waals surface area contributed by atoms with Crippen LogP contribution in [0, 0.1) is 5.41 Å². The molecule has 0 saturated carbocycles. The fourth-order valence-corrected chi connectivity index (χ4v) is 3.18. The largest absolute Gasteiger partial charge is 0.464 e. The molecular weight excluding hydrogens is 418 g/mol. The van der Waals surface area contributed by atoms with E-state index in [1.54, 1.807) is 45.0 Å². The quantitative estimate of drug-likeness (QED) is 0.472. The van der Waals surface area contributed by atoms with E-state index < -0.39 is 34.8 Å². The summed E-state index contributed by atoms with van der Waals surface area (Å²) in [5.41, 5.74) is 4.84. The molecule has 7 nitrogen and oxygen atoms in total. The Bertz CT molecular complexity index is 757. The molecule has 2 atom stereocenters. The third kappa shape index (κ3) is 7.82. The van der Waals surface area contributed by atoms with Crippen molar-refractivity contribution in [3.63, 3.8) is 0 Å². The van der Waals surface area contributed by atoms with Crippen LogP contribution in [0.5, 0.6) is 0 Å². The number of rotatable bonds is 10. The lowest BCUT2D eigenvalue weighted by atomic mass is 9.81. The molecule has 4 N–H and O–H groups in total.